The number of anilines is 2. The summed E-state index contributed by atoms with van der Waals surface area (Å²) in [7, 11) is 0. The first-order valence-electron chi connectivity index (χ1n) is 7.97. The normalized spacial score (nSPS) is 11.3. The molecule has 0 unspecified atom stereocenters. The molecule has 4 nitrogen and oxygen atoms in total. The van der Waals surface area contributed by atoms with Crippen LogP contribution < -0.4 is 10.2 Å². The molecule has 2 rings (SSSR count). The summed E-state index contributed by atoms with van der Waals surface area (Å²) in [6, 6.07) is 7.85. The van der Waals surface area contributed by atoms with Crippen molar-refractivity contribution in [2.24, 2.45) is 5.41 Å². The monoisotopic (exact) mass is 331 g/mol. The van der Waals surface area contributed by atoms with E-state index in [9.17, 15) is 4.79 Å². The number of benzene rings is 1. The van der Waals surface area contributed by atoms with E-state index in [0.717, 1.165) is 35.2 Å². The molecule has 2 aromatic rings. The van der Waals surface area contributed by atoms with Gasteiger partial charge in [0.1, 0.15) is 0 Å². The maximum absolute atomic E-state index is 12.0. The van der Waals surface area contributed by atoms with Gasteiger partial charge in [0, 0.05) is 35.1 Å². The molecule has 0 aliphatic heterocycles. The van der Waals surface area contributed by atoms with Crippen LogP contribution in [-0.2, 0) is 4.79 Å². The Bertz CT molecular complexity index is 652. The van der Waals surface area contributed by atoms with Crippen molar-refractivity contribution < 1.29 is 4.79 Å². The molecule has 0 fully saturated rings. The SMILES string of the molecule is CCN(CC)c1nc(-c2ccc(NC(=O)C(C)(C)C)cc2)cs1. The Morgan fingerprint density at radius 2 is 1.78 bits per heavy atom. The first-order chi connectivity index (χ1) is 10.8. The summed E-state index contributed by atoms with van der Waals surface area (Å²) in [6.45, 7) is 11.9. The van der Waals surface area contributed by atoms with Gasteiger partial charge in [-0.05, 0) is 26.0 Å². The zero-order chi connectivity index (χ0) is 17.0. The standard InChI is InChI=1S/C18H25N3OS/c1-6-21(7-2)17-20-15(12-23-17)13-8-10-14(11-9-13)19-16(22)18(3,4)5/h8-12H,6-7H2,1-5H3,(H,19,22). The van der Waals surface area contributed by atoms with Gasteiger partial charge in [0.15, 0.2) is 5.13 Å². The van der Waals surface area contributed by atoms with Crippen LogP contribution in [0.5, 0.6) is 0 Å². The fourth-order valence-corrected chi connectivity index (χ4v) is 3.04. The molecule has 0 bridgehead atoms. The fraction of sp³-hybridized carbons (Fsp3) is 0.444. The Morgan fingerprint density at radius 3 is 2.30 bits per heavy atom. The summed E-state index contributed by atoms with van der Waals surface area (Å²) >= 11 is 1.66. The molecule has 0 saturated carbocycles. The zero-order valence-corrected chi connectivity index (χ0v) is 15.3. The van der Waals surface area contributed by atoms with Gasteiger partial charge in [0.2, 0.25) is 5.91 Å². The first-order valence-corrected chi connectivity index (χ1v) is 8.85. The molecule has 124 valence electrons. The minimum Gasteiger partial charge on any atom is -0.349 e. The number of carbonyl (C=O) groups is 1. The van der Waals surface area contributed by atoms with Crippen LogP contribution in [0.25, 0.3) is 11.3 Å². The lowest BCUT2D eigenvalue weighted by atomic mass is 9.95. The average molecular weight is 331 g/mol. The summed E-state index contributed by atoms with van der Waals surface area (Å²) < 4.78 is 0. The van der Waals surface area contributed by atoms with Crippen LogP contribution in [0, 0.1) is 5.41 Å². The Hall–Kier alpha value is -1.88. The van der Waals surface area contributed by atoms with E-state index in [-0.39, 0.29) is 5.91 Å². The molecular formula is C18H25N3OS. The highest BCUT2D eigenvalue weighted by Crippen LogP contribution is 2.28. The molecular weight excluding hydrogens is 306 g/mol. The van der Waals surface area contributed by atoms with Crippen molar-refractivity contribution in [3.8, 4) is 11.3 Å². The second-order valence-corrected chi connectivity index (χ2v) is 7.31. The summed E-state index contributed by atoms with van der Waals surface area (Å²) in [4.78, 5) is 19.0. The molecule has 0 atom stereocenters. The van der Waals surface area contributed by atoms with Gasteiger partial charge >= 0.3 is 0 Å². The minimum atomic E-state index is -0.397. The van der Waals surface area contributed by atoms with Crippen molar-refractivity contribution in [1.29, 1.82) is 0 Å². The maximum atomic E-state index is 12.0. The number of amides is 1. The molecule has 0 saturated heterocycles. The lowest BCUT2D eigenvalue weighted by Gasteiger charge is -2.17. The number of nitrogens with one attached hydrogen (secondary N) is 1. The minimum absolute atomic E-state index is 0.0164. The van der Waals surface area contributed by atoms with E-state index in [1.807, 2.05) is 45.0 Å². The second-order valence-electron chi connectivity index (χ2n) is 6.47. The van der Waals surface area contributed by atoms with Gasteiger partial charge in [-0.1, -0.05) is 32.9 Å². The summed E-state index contributed by atoms with van der Waals surface area (Å²) in [6.07, 6.45) is 0. The van der Waals surface area contributed by atoms with E-state index in [4.69, 9.17) is 4.98 Å². The van der Waals surface area contributed by atoms with Crippen LogP contribution in [0.2, 0.25) is 0 Å². The number of hydrogen-bond acceptors (Lipinski definition) is 4. The predicted molar refractivity (Wildman–Crippen MR) is 99.2 cm³/mol. The topological polar surface area (TPSA) is 45.2 Å². The van der Waals surface area contributed by atoms with E-state index in [2.05, 4.69) is 29.4 Å². The molecule has 1 N–H and O–H groups in total. The van der Waals surface area contributed by atoms with E-state index < -0.39 is 5.41 Å². The molecule has 1 heterocycles. The predicted octanol–water partition coefficient (Wildman–Crippen LogP) is 4.64. The van der Waals surface area contributed by atoms with Crippen molar-refractivity contribution in [3.63, 3.8) is 0 Å². The molecule has 0 spiro atoms. The largest absolute Gasteiger partial charge is 0.349 e. The Labute approximate surface area is 142 Å². The van der Waals surface area contributed by atoms with Crippen molar-refractivity contribution in [3.05, 3.63) is 29.6 Å². The lowest BCUT2D eigenvalue weighted by Crippen LogP contribution is -2.27. The summed E-state index contributed by atoms with van der Waals surface area (Å²) in [5.41, 5.74) is 2.46. The molecule has 0 aliphatic rings. The van der Waals surface area contributed by atoms with Crippen LogP contribution in [0.3, 0.4) is 0 Å². The second kappa shape index (κ2) is 7.13. The summed E-state index contributed by atoms with van der Waals surface area (Å²) in [5, 5.41) is 6.07. The van der Waals surface area contributed by atoms with Crippen molar-refractivity contribution in [1.82, 2.24) is 4.98 Å². The number of nitrogens with zero attached hydrogens (tertiary/aromatic N) is 2. The highest BCUT2D eigenvalue weighted by atomic mass is 32.1. The van der Waals surface area contributed by atoms with Gasteiger partial charge in [0.25, 0.3) is 0 Å². The number of rotatable bonds is 5. The van der Waals surface area contributed by atoms with Crippen LogP contribution in [-0.4, -0.2) is 24.0 Å². The number of carbonyl (C=O) groups excluding carboxylic acids is 1. The van der Waals surface area contributed by atoms with E-state index in [1.165, 1.54) is 0 Å². The van der Waals surface area contributed by atoms with Crippen molar-refractivity contribution in [2.45, 2.75) is 34.6 Å². The highest BCUT2D eigenvalue weighted by Gasteiger charge is 2.21. The molecule has 0 aliphatic carbocycles. The lowest BCUT2D eigenvalue weighted by molar-refractivity contribution is -0.123. The molecule has 1 aromatic heterocycles. The molecule has 23 heavy (non-hydrogen) atoms. The quantitative estimate of drug-likeness (QED) is 0.868. The third-order valence-corrected chi connectivity index (χ3v) is 4.55. The number of hydrogen-bond donors (Lipinski definition) is 1. The van der Waals surface area contributed by atoms with Gasteiger partial charge in [0.05, 0.1) is 5.69 Å². The van der Waals surface area contributed by atoms with Crippen LogP contribution in [0.15, 0.2) is 29.6 Å². The van der Waals surface area contributed by atoms with Crippen LogP contribution in [0.1, 0.15) is 34.6 Å². The van der Waals surface area contributed by atoms with Crippen LogP contribution >= 0.6 is 11.3 Å². The Balaban J connectivity index is 2.12. The van der Waals surface area contributed by atoms with Gasteiger partial charge in [-0.15, -0.1) is 11.3 Å². The zero-order valence-electron chi connectivity index (χ0n) is 14.5. The fourth-order valence-electron chi connectivity index (χ4n) is 2.08. The number of thiazole rings is 1. The van der Waals surface area contributed by atoms with Gasteiger partial charge in [-0.2, -0.15) is 0 Å². The van der Waals surface area contributed by atoms with E-state index >= 15 is 0 Å². The summed E-state index contributed by atoms with van der Waals surface area (Å²) in [5.74, 6) is 0.0164. The van der Waals surface area contributed by atoms with Gasteiger partial charge < -0.3 is 10.2 Å². The average Bonchev–Trinajstić information content (AvgIpc) is 2.98. The molecule has 1 aromatic carbocycles. The third-order valence-electron chi connectivity index (χ3n) is 3.65. The van der Waals surface area contributed by atoms with E-state index in [1.54, 1.807) is 11.3 Å². The van der Waals surface area contributed by atoms with E-state index in [0.29, 0.717) is 0 Å². The van der Waals surface area contributed by atoms with Gasteiger partial charge in [-0.25, -0.2) is 4.98 Å². The third kappa shape index (κ3) is 4.32. The van der Waals surface area contributed by atoms with Crippen molar-refractivity contribution in [2.75, 3.05) is 23.3 Å². The maximum Gasteiger partial charge on any atom is 0.229 e. The molecule has 1 amide bonds. The first kappa shape index (κ1) is 17.5. The molecule has 0 radical (unpaired) electrons. The number of aromatic nitrogens is 1. The van der Waals surface area contributed by atoms with Gasteiger partial charge in [-0.3, -0.25) is 4.79 Å². The van der Waals surface area contributed by atoms with Crippen LogP contribution in [0.4, 0.5) is 10.8 Å². The Morgan fingerprint density at radius 1 is 1.17 bits per heavy atom. The smallest absolute Gasteiger partial charge is 0.229 e. The Kier molecular flexibility index (Phi) is 5.42. The van der Waals surface area contributed by atoms with Crippen molar-refractivity contribution >= 4 is 28.1 Å². The molecule has 5 heteroatoms. The highest BCUT2D eigenvalue weighted by molar-refractivity contribution is 7.14.